The largest absolute Gasteiger partial charge is 0.508 e. The maximum atomic E-state index is 12.5. The molecule has 0 spiro atoms. The molecule has 1 aliphatic heterocycles. The van der Waals surface area contributed by atoms with Crippen molar-refractivity contribution in [3.63, 3.8) is 0 Å². The van der Waals surface area contributed by atoms with Crippen LogP contribution in [0.25, 0.3) is 0 Å². The maximum absolute atomic E-state index is 12.5. The zero-order chi connectivity index (χ0) is 20.7. The molecule has 8 heteroatoms. The number of benzene rings is 1. The number of alkyl carbamates (subject to hydrolysis) is 1. The van der Waals surface area contributed by atoms with Gasteiger partial charge in [0.15, 0.2) is 0 Å². The molecule has 28 heavy (non-hydrogen) atoms. The molecular formula is C20H29N3O5. The molecule has 1 fully saturated rings. The molecule has 3 N–H and O–H groups in total. The van der Waals surface area contributed by atoms with Crippen molar-refractivity contribution in [1.82, 2.24) is 15.5 Å². The quantitative estimate of drug-likeness (QED) is 0.710. The topological polar surface area (TPSA) is 108 Å². The van der Waals surface area contributed by atoms with E-state index in [2.05, 4.69) is 10.6 Å². The maximum Gasteiger partial charge on any atom is 0.408 e. The number of phenols is 1. The number of aromatic hydroxyl groups is 1. The molecule has 0 atom stereocenters. The number of nitrogens with one attached hydrogen (secondary N) is 2. The Balaban J connectivity index is 1.68. The lowest BCUT2D eigenvalue weighted by molar-refractivity contribution is -0.120. The van der Waals surface area contributed by atoms with E-state index in [9.17, 15) is 19.5 Å². The van der Waals surface area contributed by atoms with Crippen LogP contribution in [0.15, 0.2) is 24.3 Å². The second kappa shape index (κ2) is 9.43. The molecule has 154 valence electrons. The van der Waals surface area contributed by atoms with Crippen LogP contribution in [-0.2, 0) is 9.53 Å². The summed E-state index contributed by atoms with van der Waals surface area (Å²) in [6, 6.07) is 6.33. The number of rotatable bonds is 5. The molecule has 1 heterocycles. The highest BCUT2D eigenvalue weighted by Crippen LogP contribution is 2.20. The van der Waals surface area contributed by atoms with Crippen LogP contribution in [0.2, 0.25) is 0 Å². The standard InChI is InChI=1S/C20H29N3O5/c1-20(2,3)28-19(27)22-13-17(25)21-12-14-7-9-23(10-8-14)18(26)15-5-4-6-16(24)11-15/h4-6,11,14,24H,7-10,12-13H2,1-3H3,(H,21,25)(H,22,27). The Bertz CT molecular complexity index is 706. The van der Waals surface area contributed by atoms with Gasteiger partial charge in [-0.25, -0.2) is 4.79 Å². The fourth-order valence-corrected chi connectivity index (χ4v) is 2.95. The van der Waals surface area contributed by atoms with Gasteiger partial charge in [0.25, 0.3) is 5.91 Å². The van der Waals surface area contributed by atoms with Gasteiger partial charge in [-0.1, -0.05) is 6.07 Å². The van der Waals surface area contributed by atoms with Crippen molar-refractivity contribution in [2.24, 2.45) is 5.92 Å². The van der Waals surface area contributed by atoms with Crippen molar-refractivity contribution in [2.75, 3.05) is 26.2 Å². The van der Waals surface area contributed by atoms with Crippen LogP contribution in [-0.4, -0.2) is 59.7 Å². The van der Waals surface area contributed by atoms with E-state index < -0.39 is 11.7 Å². The van der Waals surface area contributed by atoms with E-state index in [0.717, 1.165) is 12.8 Å². The molecule has 1 aromatic rings. The molecule has 0 saturated carbocycles. The van der Waals surface area contributed by atoms with Gasteiger partial charge < -0.3 is 25.4 Å². The molecular weight excluding hydrogens is 362 g/mol. The zero-order valence-electron chi connectivity index (χ0n) is 16.7. The second-order valence-corrected chi connectivity index (χ2v) is 7.95. The average Bonchev–Trinajstić information content (AvgIpc) is 2.63. The number of carbonyl (C=O) groups is 3. The van der Waals surface area contributed by atoms with Crippen LogP contribution < -0.4 is 10.6 Å². The Hall–Kier alpha value is -2.77. The summed E-state index contributed by atoms with van der Waals surface area (Å²) in [6.07, 6.45) is 0.940. The van der Waals surface area contributed by atoms with Gasteiger partial charge in [-0.3, -0.25) is 9.59 Å². The number of hydrogen-bond donors (Lipinski definition) is 3. The van der Waals surface area contributed by atoms with Gasteiger partial charge in [0.2, 0.25) is 5.91 Å². The smallest absolute Gasteiger partial charge is 0.408 e. The van der Waals surface area contributed by atoms with Gasteiger partial charge in [0.05, 0.1) is 6.54 Å². The van der Waals surface area contributed by atoms with Crippen molar-refractivity contribution < 1.29 is 24.2 Å². The molecule has 1 aromatic carbocycles. The van der Waals surface area contributed by atoms with Crippen LogP contribution >= 0.6 is 0 Å². The molecule has 0 bridgehead atoms. The molecule has 1 saturated heterocycles. The van der Waals surface area contributed by atoms with Gasteiger partial charge in [-0.05, 0) is 57.7 Å². The predicted molar refractivity (Wildman–Crippen MR) is 104 cm³/mol. The first-order valence-electron chi connectivity index (χ1n) is 9.46. The summed E-state index contributed by atoms with van der Waals surface area (Å²) >= 11 is 0. The number of nitrogens with zero attached hydrogens (tertiary/aromatic N) is 1. The van der Waals surface area contributed by atoms with E-state index in [0.29, 0.717) is 25.2 Å². The van der Waals surface area contributed by atoms with E-state index in [1.807, 2.05) is 0 Å². The fraction of sp³-hybridized carbons (Fsp3) is 0.550. The van der Waals surface area contributed by atoms with Gasteiger partial charge >= 0.3 is 6.09 Å². The lowest BCUT2D eigenvalue weighted by Gasteiger charge is -2.32. The average molecular weight is 391 g/mol. The summed E-state index contributed by atoms with van der Waals surface area (Å²) in [5.74, 6) is -0.0220. The SMILES string of the molecule is CC(C)(C)OC(=O)NCC(=O)NCC1CCN(C(=O)c2cccc(O)c2)CC1. The number of ether oxygens (including phenoxy) is 1. The highest BCUT2D eigenvalue weighted by molar-refractivity contribution is 5.94. The molecule has 8 nitrogen and oxygen atoms in total. The number of hydrogen-bond acceptors (Lipinski definition) is 5. The minimum atomic E-state index is -0.624. The first kappa shape index (κ1) is 21.5. The van der Waals surface area contributed by atoms with Crippen LogP contribution in [0.5, 0.6) is 5.75 Å². The van der Waals surface area contributed by atoms with Crippen molar-refractivity contribution in [3.05, 3.63) is 29.8 Å². The number of piperidine rings is 1. The number of carbonyl (C=O) groups excluding carboxylic acids is 3. The second-order valence-electron chi connectivity index (χ2n) is 7.95. The molecule has 0 aliphatic carbocycles. The third-order valence-electron chi connectivity index (χ3n) is 4.37. The predicted octanol–water partition coefficient (Wildman–Crippen LogP) is 1.89. The van der Waals surface area contributed by atoms with Gasteiger partial charge in [0, 0.05) is 25.2 Å². The Labute approximate surface area is 165 Å². The summed E-state index contributed by atoms with van der Waals surface area (Å²) in [7, 11) is 0. The van der Waals surface area contributed by atoms with Crippen molar-refractivity contribution >= 4 is 17.9 Å². The van der Waals surface area contributed by atoms with Gasteiger partial charge in [-0.15, -0.1) is 0 Å². The first-order valence-corrected chi connectivity index (χ1v) is 9.46. The van der Waals surface area contributed by atoms with Crippen LogP contribution in [0.3, 0.4) is 0 Å². The Morgan fingerprint density at radius 1 is 1.18 bits per heavy atom. The van der Waals surface area contributed by atoms with Gasteiger partial charge in [0.1, 0.15) is 11.4 Å². The van der Waals surface area contributed by atoms with E-state index in [1.165, 1.54) is 12.1 Å². The lowest BCUT2D eigenvalue weighted by Crippen LogP contribution is -2.44. The van der Waals surface area contributed by atoms with E-state index in [1.54, 1.807) is 37.8 Å². The zero-order valence-corrected chi connectivity index (χ0v) is 16.7. The summed E-state index contributed by atoms with van der Waals surface area (Å²) < 4.78 is 5.08. The lowest BCUT2D eigenvalue weighted by atomic mass is 9.96. The van der Waals surface area contributed by atoms with Crippen LogP contribution in [0, 0.1) is 5.92 Å². The Morgan fingerprint density at radius 2 is 1.86 bits per heavy atom. The van der Waals surface area contributed by atoms with E-state index in [4.69, 9.17) is 4.74 Å². The minimum Gasteiger partial charge on any atom is -0.508 e. The summed E-state index contributed by atoms with van der Waals surface area (Å²) in [6.45, 7) is 6.84. The third-order valence-corrected chi connectivity index (χ3v) is 4.37. The third kappa shape index (κ3) is 7.09. The number of phenolic OH excluding ortho intramolecular Hbond substituents is 1. The van der Waals surface area contributed by atoms with Crippen molar-refractivity contribution in [2.45, 2.75) is 39.2 Å². The monoisotopic (exact) mass is 391 g/mol. The summed E-state index contributed by atoms with van der Waals surface area (Å²) in [5.41, 5.74) is -0.134. The van der Waals surface area contributed by atoms with Gasteiger partial charge in [-0.2, -0.15) is 0 Å². The Kier molecular flexibility index (Phi) is 7.25. The molecule has 2 rings (SSSR count). The van der Waals surface area contributed by atoms with E-state index in [-0.39, 0.29) is 30.0 Å². The van der Waals surface area contributed by atoms with Crippen molar-refractivity contribution in [3.8, 4) is 5.75 Å². The molecule has 0 radical (unpaired) electrons. The minimum absolute atomic E-state index is 0.0726. The highest BCUT2D eigenvalue weighted by atomic mass is 16.6. The normalized spacial score (nSPS) is 15.0. The molecule has 3 amide bonds. The van der Waals surface area contributed by atoms with E-state index >= 15 is 0 Å². The fourth-order valence-electron chi connectivity index (χ4n) is 2.95. The number of amides is 3. The summed E-state index contributed by atoms with van der Waals surface area (Å²) in [4.78, 5) is 37.6. The summed E-state index contributed by atoms with van der Waals surface area (Å²) in [5, 5.41) is 14.7. The molecule has 0 unspecified atom stereocenters. The van der Waals surface area contributed by atoms with Crippen molar-refractivity contribution in [1.29, 1.82) is 0 Å². The van der Waals surface area contributed by atoms with Crippen LogP contribution in [0.4, 0.5) is 4.79 Å². The highest BCUT2D eigenvalue weighted by Gasteiger charge is 2.24. The molecule has 0 aromatic heterocycles. The van der Waals surface area contributed by atoms with Crippen LogP contribution in [0.1, 0.15) is 44.0 Å². The number of likely N-dealkylation sites (tertiary alicyclic amines) is 1. The molecule has 1 aliphatic rings. The Morgan fingerprint density at radius 3 is 2.46 bits per heavy atom. The first-order chi connectivity index (χ1) is 13.1.